The van der Waals surface area contributed by atoms with E-state index in [1.165, 1.54) is 11.3 Å². The van der Waals surface area contributed by atoms with Crippen molar-refractivity contribution in [2.24, 2.45) is 5.73 Å². The van der Waals surface area contributed by atoms with Crippen LogP contribution in [0.15, 0.2) is 40.9 Å². The standard InChI is InChI=1S/C15H17BrClNOS/c1-2-12(18)15(13-6-7-14(17)20-13)19-9-10-4-3-5-11(16)8-10/h3-8,12,15H,2,9,18H2,1H3. The Morgan fingerprint density at radius 3 is 2.75 bits per heavy atom. The minimum absolute atomic E-state index is 0.0307. The van der Waals surface area contributed by atoms with Gasteiger partial charge in [0.1, 0.15) is 6.10 Å². The number of ether oxygens (including phenoxy) is 1. The van der Waals surface area contributed by atoms with Crippen molar-refractivity contribution in [1.29, 1.82) is 0 Å². The van der Waals surface area contributed by atoms with Gasteiger partial charge in [-0.2, -0.15) is 0 Å². The molecule has 20 heavy (non-hydrogen) atoms. The van der Waals surface area contributed by atoms with Gasteiger partial charge in [0.15, 0.2) is 0 Å². The zero-order valence-corrected chi connectivity index (χ0v) is 14.3. The Morgan fingerprint density at radius 1 is 1.35 bits per heavy atom. The third kappa shape index (κ3) is 4.30. The van der Waals surface area contributed by atoms with E-state index in [4.69, 9.17) is 22.1 Å². The molecule has 0 spiro atoms. The molecule has 0 saturated heterocycles. The molecule has 2 aromatic rings. The molecular formula is C15H17BrClNOS. The first-order valence-electron chi connectivity index (χ1n) is 6.47. The molecule has 0 amide bonds. The van der Waals surface area contributed by atoms with Crippen molar-refractivity contribution in [1.82, 2.24) is 0 Å². The van der Waals surface area contributed by atoms with Gasteiger partial charge in [0, 0.05) is 15.4 Å². The van der Waals surface area contributed by atoms with Crippen molar-refractivity contribution in [3.63, 3.8) is 0 Å². The lowest BCUT2D eigenvalue weighted by Crippen LogP contribution is -2.29. The first-order chi connectivity index (χ1) is 9.60. The summed E-state index contributed by atoms with van der Waals surface area (Å²) in [6.07, 6.45) is 0.745. The summed E-state index contributed by atoms with van der Waals surface area (Å²) in [4.78, 5) is 1.08. The Morgan fingerprint density at radius 2 is 2.15 bits per heavy atom. The molecule has 1 heterocycles. The van der Waals surface area contributed by atoms with E-state index >= 15 is 0 Å². The Hall–Kier alpha value is -0.390. The fourth-order valence-electron chi connectivity index (χ4n) is 1.92. The second-order valence-electron chi connectivity index (χ2n) is 4.58. The summed E-state index contributed by atoms with van der Waals surface area (Å²) >= 11 is 11.0. The first kappa shape index (κ1) is 16.0. The molecular weight excluding hydrogens is 358 g/mol. The van der Waals surface area contributed by atoms with Gasteiger partial charge in [0.2, 0.25) is 0 Å². The van der Waals surface area contributed by atoms with Crippen LogP contribution in [0.4, 0.5) is 0 Å². The van der Waals surface area contributed by atoms with Gasteiger partial charge in [0.25, 0.3) is 0 Å². The van der Waals surface area contributed by atoms with Crippen molar-refractivity contribution in [2.45, 2.75) is 32.1 Å². The smallest absolute Gasteiger partial charge is 0.107 e. The first-order valence-corrected chi connectivity index (χ1v) is 8.45. The maximum absolute atomic E-state index is 6.18. The van der Waals surface area contributed by atoms with Crippen LogP contribution in [0.5, 0.6) is 0 Å². The average Bonchev–Trinajstić information content (AvgIpc) is 2.85. The third-order valence-electron chi connectivity index (χ3n) is 3.05. The summed E-state index contributed by atoms with van der Waals surface area (Å²) in [7, 11) is 0. The molecule has 1 aromatic carbocycles. The fraction of sp³-hybridized carbons (Fsp3) is 0.333. The van der Waals surface area contributed by atoms with Crippen LogP contribution in [0.3, 0.4) is 0 Å². The number of benzene rings is 1. The van der Waals surface area contributed by atoms with E-state index in [9.17, 15) is 0 Å². The number of rotatable bonds is 6. The number of thiophene rings is 1. The summed E-state index contributed by atoms with van der Waals surface area (Å²) in [6.45, 7) is 2.60. The van der Waals surface area contributed by atoms with Crippen LogP contribution in [0, 0.1) is 0 Å². The molecule has 0 fully saturated rings. The van der Waals surface area contributed by atoms with Crippen molar-refractivity contribution in [3.8, 4) is 0 Å². The topological polar surface area (TPSA) is 35.2 Å². The highest BCUT2D eigenvalue weighted by atomic mass is 79.9. The monoisotopic (exact) mass is 373 g/mol. The summed E-state index contributed by atoms with van der Waals surface area (Å²) < 4.78 is 7.85. The van der Waals surface area contributed by atoms with Crippen LogP contribution >= 0.6 is 38.9 Å². The predicted octanol–water partition coefficient (Wildman–Crippen LogP) is 5.16. The molecule has 0 radical (unpaired) electrons. The SMILES string of the molecule is CCC(N)C(OCc1cccc(Br)c1)c1ccc(Cl)s1. The highest BCUT2D eigenvalue weighted by Crippen LogP contribution is 2.32. The van der Waals surface area contributed by atoms with Crippen LogP contribution in [-0.4, -0.2) is 6.04 Å². The maximum Gasteiger partial charge on any atom is 0.107 e. The van der Waals surface area contributed by atoms with E-state index in [2.05, 4.69) is 28.9 Å². The highest BCUT2D eigenvalue weighted by Gasteiger charge is 2.21. The fourth-order valence-corrected chi connectivity index (χ4v) is 3.56. The van der Waals surface area contributed by atoms with Gasteiger partial charge >= 0.3 is 0 Å². The van der Waals surface area contributed by atoms with E-state index in [1.807, 2.05) is 30.3 Å². The lowest BCUT2D eigenvalue weighted by molar-refractivity contribution is 0.0236. The molecule has 1 aromatic heterocycles. The summed E-state index contributed by atoms with van der Waals surface area (Å²) in [5.74, 6) is 0. The van der Waals surface area contributed by atoms with Crippen molar-refractivity contribution in [2.75, 3.05) is 0 Å². The molecule has 2 unspecified atom stereocenters. The molecule has 0 saturated carbocycles. The van der Waals surface area contributed by atoms with Gasteiger partial charge in [-0.25, -0.2) is 0 Å². The van der Waals surface area contributed by atoms with Crippen molar-refractivity contribution in [3.05, 3.63) is 55.6 Å². The van der Waals surface area contributed by atoms with E-state index in [0.29, 0.717) is 6.61 Å². The third-order valence-corrected chi connectivity index (χ3v) is 4.84. The molecule has 0 aliphatic rings. The van der Waals surface area contributed by atoms with E-state index < -0.39 is 0 Å². The van der Waals surface area contributed by atoms with Gasteiger partial charge in [0.05, 0.1) is 10.9 Å². The second-order valence-corrected chi connectivity index (χ2v) is 7.24. The summed E-state index contributed by atoms with van der Waals surface area (Å²) in [5, 5.41) is 0. The molecule has 2 N–H and O–H groups in total. The summed E-state index contributed by atoms with van der Waals surface area (Å²) in [6, 6.07) is 11.9. The quantitative estimate of drug-likeness (QED) is 0.758. The zero-order valence-electron chi connectivity index (χ0n) is 11.2. The Kier molecular flexibility index (Phi) is 6.05. The number of hydrogen-bond acceptors (Lipinski definition) is 3. The van der Waals surface area contributed by atoms with Crippen molar-refractivity contribution < 1.29 is 4.74 Å². The molecule has 108 valence electrons. The van der Waals surface area contributed by atoms with Crippen LogP contribution in [0.25, 0.3) is 0 Å². The normalized spacial score (nSPS) is 14.2. The molecule has 2 nitrogen and oxygen atoms in total. The molecule has 0 aliphatic carbocycles. The molecule has 5 heteroatoms. The van der Waals surface area contributed by atoms with Gasteiger partial charge in [-0.05, 0) is 36.2 Å². The van der Waals surface area contributed by atoms with Crippen LogP contribution in [0.1, 0.15) is 29.9 Å². The Balaban J connectivity index is 2.08. The summed E-state index contributed by atoms with van der Waals surface area (Å²) in [5.41, 5.74) is 7.30. The van der Waals surface area contributed by atoms with Crippen LogP contribution < -0.4 is 5.73 Å². The van der Waals surface area contributed by atoms with Gasteiger partial charge < -0.3 is 10.5 Å². The van der Waals surface area contributed by atoms with E-state index in [-0.39, 0.29) is 12.1 Å². The minimum atomic E-state index is -0.114. The number of hydrogen-bond donors (Lipinski definition) is 1. The second kappa shape index (κ2) is 7.57. The Labute approximate surface area is 137 Å². The lowest BCUT2D eigenvalue weighted by Gasteiger charge is -2.22. The largest absolute Gasteiger partial charge is 0.366 e. The lowest BCUT2D eigenvalue weighted by atomic mass is 10.1. The van der Waals surface area contributed by atoms with Crippen LogP contribution in [-0.2, 0) is 11.3 Å². The minimum Gasteiger partial charge on any atom is -0.366 e. The number of halogens is 2. The average molecular weight is 375 g/mol. The molecule has 2 atom stereocenters. The highest BCUT2D eigenvalue weighted by molar-refractivity contribution is 9.10. The van der Waals surface area contributed by atoms with E-state index in [0.717, 1.165) is 25.7 Å². The Bertz CT molecular complexity index is 560. The number of nitrogens with two attached hydrogens (primary N) is 1. The van der Waals surface area contributed by atoms with Gasteiger partial charge in [-0.15, -0.1) is 11.3 Å². The van der Waals surface area contributed by atoms with Crippen LogP contribution in [0.2, 0.25) is 4.34 Å². The van der Waals surface area contributed by atoms with Gasteiger partial charge in [-0.3, -0.25) is 0 Å². The van der Waals surface area contributed by atoms with E-state index in [1.54, 1.807) is 0 Å². The van der Waals surface area contributed by atoms with Crippen molar-refractivity contribution >= 4 is 38.9 Å². The molecule has 2 rings (SSSR count). The predicted molar refractivity (Wildman–Crippen MR) is 89.3 cm³/mol. The zero-order chi connectivity index (χ0) is 14.5. The molecule has 0 bridgehead atoms. The van der Waals surface area contributed by atoms with Gasteiger partial charge in [-0.1, -0.05) is 46.6 Å². The maximum atomic E-state index is 6.18. The molecule has 0 aliphatic heterocycles.